The van der Waals surface area contributed by atoms with E-state index >= 15 is 0 Å². The standard InChI is InChI=1S/C21H17F2NOS/c22-15-7-3-13(4-8-15)17-12-18(17)21(25)24-20(19-2-1-11-26-19)14-5-9-16(23)10-6-14/h1-11,17-18,20H,12H2,(H,24,25). The average molecular weight is 369 g/mol. The summed E-state index contributed by atoms with van der Waals surface area (Å²) in [5.41, 5.74) is 1.84. The first kappa shape index (κ1) is 16.9. The number of thiophene rings is 1. The van der Waals surface area contributed by atoms with Gasteiger partial charge in [-0.25, -0.2) is 8.78 Å². The average Bonchev–Trinajstić information content (AvgIpc) is 3.26. The Morgan fingerprint density at radius 2 is 1.65 bits per heavy atom. The van der Waals surface area contributed by atoms with Crippen molar-refractivity contribution in [3.05, 3.63) is 93.7 Å². The van der Waals surface area contributed by atoms with E-state index < -0.39 is 0 Å². The van der Waals surface area contributed by atoms with Gasteiger partial charge in [0.15, 0.2) is 0 Å². The highest BCUT2D eigenvalue weighted by Crippen LogP contribution is 2.48. The summed E-state index contributed by atoms with van der Waals surface area (Å²) in [4.78, 5) is 13.8. The van der Waals surface area contributed by atoms with Gasteiger partial charge in [0.1, 0.15) is 11.6 Å². The van der Waals surface area contributed by atoms with Crippen LogP contribution < -0.4 is 5.32 Å². The van der Waals surface area contributed by atoms with E-state index in [1.54, 1.807) is 35.6 Å². The number of halogens is 2. The Labute approximate surface area is 154 Å². The second-order valence-corrected chi connectivity index (χ2v) is 7.49. The van der Waals surface area contributed by atoms with Crippen LogP contribution in [0.3, 0.4) is 0 Å². The van der Waals surface area contributed by atoms with E-state index in [9.17, 15) is 13.6 Å². The number of hydrogen-bond donors (Lipinski definition) is 1. The molecule has 2 nitrogen and oxygen atoms in total. The van der Waals surface area contributed by atoms with E-state index in [1.807, 2.05) is 17.5 Å². The zero-order chi connectivity index (χ0) is 18.1. The Balaban J connectivity index is 1.50. The minimum atomic E-state index is -0.302. The molecule has 1 aromatic heterocycles. The molecule has 1 saturated carbocycles. The summed E-state index contributed by atoms with van der Waals surface area (Å²) < 4.78 is 26.3. The van der Waals surface area contributed by atoms with E-state index in [2.05, 4.69) is 5.32 Å². The molecule has 0 saturated heterocycles. The lowest BCUT2D eigenvalue weighted by molar-refractivity contribution is -0.122. The molecule has 0 bridgehead atoms. The van der Waals surface area contributed by atoms with Gasteiger partial charge < -0.3 is 5.32 Å². The molecule has 1 aliphatic carbocycles. The van der Waals surface area contributed by atoms with Gasteiger partial charge in [0, 0.05) is 10.8 Å². The molecule has 1 N–H and O–H groups in total. The summed E-state index contributed by atoms with van der Waals surface area (Å²) >= 11 is 1.55. The molecule has 132 valence electrons. The Bertz CT molecular complexity index is 891. The molecule has 0 spiro atoms. The number of carbonyl (C=O) groups is 1. The first-order valence-electron chi connectivity index (χ1n) is 8.46. The van der Waals surface area contributed by atoms with Crippen LogP contribution in [0.1, 0.15) is 34.4 Å². The van der Waals surface area contributed by atoms with Crippen molar-refractivity contribution in [2.45, 2.75) is 18.4 Å². The fourth-order valence-corrected chi connectivity index (χ4v) is 4.04. The fourth-order valence-electron chi connectivity index (χ4n) is 3.24. The number of amides is 1. The van der Waals surface area contributed by atoms with Crippen molar-refractivity contribution in [3.8, 4) is 0 Å². The number of nitrogens with one attached hydrogen (secondary N) is 1. The second kappa shape index (κ2) is 7.00. The van der Waals surface area contributed by atoms with Crippen LogP contribution in [0.25, 0.3) is 0 Å². The predicted molar refractivity (Wildman–Crippen MR) is 98.0 cm³/mol. The monoisotopic (exact) mass is 369 g/mol. The second-order valence-electron chi connectivity index (χ2n) is 6.51. The molecular weight excluding hydrogens is 352 g/mol. The molecule has 3 aromatic rings. The number of rotatable bonds is 5. The van der Waals surface area contributed by atoms with Crippen LogP contribution >= 0.6 is 11.3 Å². The van der Waals surface area contributed by atoms with E-state index in [0.717, 1.165) is 22.4 Å². The van der Waals surface area contributed by atoms with Crippen molar-refractivity contribution in [3.63, 3.8) is 0 Å². The zero-order valence-corrected chi connectivity index (χ0v) is 14.7. The van der Waals surface area contributed by atoms with Gasteiger partial charge in [0.25, 0.3) is 0 Å². The lowest BCUT2D eigenvalue weighted by atomic mass is 10.0. The molecule has 0 aliphatic heterocycles. The summed E-state index contributed by atoms with van der Waals surface area (Å²) in [6.45, 7) is 0. The van der Waals surface area contributed by atoms with Gasteiger partial charge in [-0.1, -0.05) is 30.3 Å². The SMILES string of the molecule is O=C(NC(c1ccc(F)cc1)c1cccs1)C1CC1c1ccc(F)cc1. The highest BCUT2D eigenvalue weighted by molar-refractivity contribution is 7.10. The van der Waals surface area contributed by atoms with Crippen LogP contribution in [0, 0.1) is 17.6 Å². The van der Waals surface area contributed by atoms with Crippen molar-refractivity contribution < 1.29 is 13.6 Å². The summed E-state index contributed by atoms with van der Waals surface area (Å²) in [6.07, 6.45) is 0.762. The van der Waals surface area contributed by atoms with Crippen LogP contribution in [0.5, 0.6) is 0 Å². The normalized spacial score (nSPS) is 19.8. The van der Waals surface area contributed by atoms with Crippen LogP contribution in [-0.4, -0.2) is 5.91 Å². The lowest BCUT2D eigenvalue weighted by Crippen LogP contribution is -2.30. The van der Waals surface area contributed by atoms with Crippen molar-refractivity contribution in [1.29, 1.82) is 0 Å². The summed E-state index contributed by atoms with van der Waals surface area (Å²) in [6, 6.07) is 16.1. The molecule has 0 radical (unpaired) electrons. The first-order chi connectivity index (χ1) is 12.6. The van der Waals surface area contributed by atoms with Crippen molar-refractivity contribution in [1.82, 2.24) is 5.32 Å². The summed E-state index contributed by atoms with van der Waals surface area (Å²) in [7, 11) is 0. The molecule has 2 aromatic carbocycles. The minimum Gasteiger partial charge on any atom is -0.344 e. The maximum absolute atomic E-state index is 13.2. The third-order valence-electron chi connectivity index (χ3n) is 4.74. The topological polar surface area (TPSA) is 29.1 Å². The van der Waals surface area contributed by atoms with Gasteiger partial charge in [0.05, 0.1) is 6.04 Å². The predicted octanol–water partition coefficient (Wildman–Crippen LogP) is 5.04. The highest BCUT2D eigenvalue weighted by Gasteiger charge is 2.44. The van der Waals surface area contributed by atoms with Crippen molar-refractivity contribution in [2.24, 2.45) is 5.92 Å². The van der Waals surface area contributed by atoms with Gasteiger partial charge in [-0.15, -0.1) is 11.3 Å². The molecule has 1 fully saturated rings. The zero-order valence-electron chi connectivity index (χ0n) is 13.9. The minimum absolute atomic E-state index is 0.0259. The van der Waals surface area contributed by atoms with Gasteiger partial charge in [-0.05, 0) is 59.2 Å². The molecule has 26 heavy (non-hydrogen) atoms. The lowest BCUT2D eigenvalue weighted by Gasteiger charge is -2.18. The first-order valence-corrected chi connectivity index (χ1v) is 9.34. The van der Waals surface area contributed by atoms with Crippen LogP contribution in [0.4, 0.5) is 8.78 Å². The molecule has 3 unspecified atom stereocenters. The summed E-state index contributed by atoms with van der Waals surface area (Å²) in [5.74, 6) is -0.578. The summed E-state index contributed by atoms with van der Waals surface area (Å²) in [5, 5.41) is 5.06. The van der Waals surface area contributed by atoms with E-state index in [-0.39, 0.29) is 35.4 Å². The third-order valence-corrected chi connectivity index (χ3v) is 5.68. The van der Waals surface area contributed by atoms with Crippen LogP contribution in [-0.2, 0) is 4.79 Å². The van der Waals surface area contributed by atoms with Crippen LogP contribution in [0.2, 0.25) is 0 Å². The molecule has 1 amide bonds. The maximum atomic E-state index is 13.2. The smallest absolute Gasteiger partial charge is 0.224 e. The molecule has 4 rings (SSSR count). The molecule has 5 heteroatoms. The van der Waals surface area contributed by atoms with E-state index in [4.69, 9.17) is 0 Å². The Hall–Kier alpha value is -2.53. The van der Waals surface area contributed by atoms with E-state index in [1.165, 1.54) is 24.3 Å². The Morgan fingerprint density at radius 3 is 2.27 bits per heavy atom. The largest absolute Gasteiger partial charge is 0.344 e. The van der Waals surface area contributed by atoms with Gasteiger partial charge in [-0.3, -0.25) is 4.79 Å². The Kier molecular flexibility index (Phi) is 4.55. The number of hydrogen-bond acceptors (Lipinski definition) is 2. The van der Waals surface area contributed by atoms with Gasteiger partial charge >= 0.3 is 0 Å². The van der Waals surface area contributed by atoms with Crippen molar-refractivity contribution >= 4 is 17.2 Å². The molecular formula is C21H17F2NOS. The number of benzene rings is 2. The molecule has 3 atom stereocenters. The number of carbonyl (C=O) groups excluding carboxylic acids is 1. The Morgan fingerprint density at radius 1 is 1.00 bits per heavy atom. The quantitative estimate of drug-likeness (QED) is 0.671. The third kappa shape index (κ3) is 3.53. The highest BCUT2D eigenvalue weighted by atomic mass is 32.1. The van der Waals surface area contributed by atoms with E-state index in [0.29, 0.717) is 0 Å². The maximum Gasteiger partial charge on any atom is 0.224 e. The van der Waals surface area contributed by atoms with Gasteiger partial charge in [0.2, 0.25) is 5.91 Å². The molecule has 1 aliphatic rings. The van der Waals surface area contributed by atoms with Crippen molar-refractivity contribution in [2.75, 3.05) is 0 Å². The fraction of sp³-hybridized carbons (Fsp3) is 0.190. The molecule has 1 heterocycles. The van der Waals surface area contributed by atoms with Gasteiger partial charge in [-0.2, -0.15) is 0 Å². The van der Waals surface area contributed by atoms with Crippen LogP contribution in [0.15, 0.2) is 66.0 Å².